The third kappa shape index (κ3) is 3.19. The van der Waals surface area contributed by atoms with E-state index in [0.717, 1.165) is 0 Å². The second-order valence-corrected chi connectivity index (χ2v) is 2.24. The average molecular weight is 173 g/mol. The van der Waals surface area contributed by atoms with Gasteiger partial charge >= 0.3 is 0 Å². The molecule has 0 spiro atoms. The van der Waals surface area contributed by atoms with E-state index in [1.807, 2.05) is 0 Å². The van der Waals surface area contributed by atoms with Crippen LogP contribution in [0.1, 0.15) is 5.56 Å². The number of rotatable bonds is 1. The van der Waals surface area contributed by atoms with Gasteiger partial charge in [-0.05, 0) is 23.7 Å². The molecule has 13 heavy (non-hydrogen) atoms. The summed E-state index contributed by atoms with van der Waals surface area (Å²) in [5, 5.41) is 12.3. The van der Waals surface area contributed by atoms with E-state index in [4.69, 9.17) is 10.6 Å². The first-order valence-electron chi connectivity index (χ1n) is 3.61. The van der Waals surface area contributed by atoms with Gasteiger partial charge < -0.3 is 5.11 Å². The van der Waals surface area contributed by atoms with E-state index in [1.54, 1.807) is 24.3 Å². The molecule has 4 heteroatoms. The van der Waals surface area contributed by atoms with Crippen LogP contribution in [-0.2, 0) is 0 Å². The molecule has 0 saturated heterocycles. The zero-order valence-electron chi connectivity index (χ0n) is 6.81. The fraction of sp³-hybridized carbons (Fsp3) is 0.111. The molecule has 0 fully saturated rings. The summed E-state index contributed by atoms with van der Waals surface area (Å²) in [5.74, 6) is 5.57. The third-order valence-electron chi connectivity index (χ3n) is 1.29. The Bertz CT molecular complexity index is 397. The van der Waals surface area contributed by atoms with Gasteiger partial charge in [0.25, 0.3) is 0 Å². The van der Waals surface area contributed by atoms with Crippen molar-refractivity contribution in [1.29, 1.82) is 0 Å². The molecule has 0 atom stereocenters. The number of benzene rings is 1. The quantitative estimate of drug-likeness (QED) is 0.300. The third-order valence-corrected chi connectivity index (χ3v) is 1.29. The van der Waals surface area contributed by atoms with Crippen LogP contribution in [0.2, 0.25) is 0 Å². The minimum Gasteiger partial charge on any atom is -0.508 e. The molecular weight excluding hydrogens is 166 g/mol. The highest BCUT2D eigenvalue weighted by Gasteiger charge is 1.87. The normalized spacial score (nSPS) is 8.00. The summed E-state index contributed by atoms with van der Waals surface area (Å²) < 4.78 is 0. The topological polar surface area (TPSA) is 69.0 Å². The smallest absolute Gasteiger partial charge is 0.116 e. The molecule has 0 unspecified atom stereocenters. The van der Waals surface area contributed by atoms with Gasteiger partial charge in [0, 0.05) is 10.5 Å². The average Bonchev–Trinajstić information content (AvgIpc) is 2.13. The highest BCUT2D eigenvalue weighted by atomic mass is 16.3. The van der Waals surface area contributed by atoms with Crippen molar-refractivity contribution in [3.05, 3.63) is 40.3 Å². The van der Waals surface area contributed by atoms with Crippen molar-refractivity contribution >= 4 is 0 Å². The Labute approximate surface area is 75.5 Å². The molecule has 1 aromatic rings. The minimum atomic E-state index is 0.145. The second kappa shape index (κ2) is 4.70. The molecule has 0 saturated carbocycles. The van der Waals surface area contributed by atoms with Gasteiger partial charge in [-0.15, -0.1) is 0 Å². The summed E-state index contributed by atoms with van der Waals surface area (Å²) in [7, 11) is 0. The van der Waals surface area contributed by atoms with E-state index in [-0.39, 0.29) is 12.3 Å². The molecule has 0 amide bonds. The minimum absolute atomic E-state index is 0.145. The van der Waals surface area contributed by atoms with Gasteiger partial charge in [0.05, 0.1) is 6.54 Å². The number of hydrogen-bond acceptors (Lipinski definition) is 2. The molecule has 0 bridgehead atoms. The zero-order valence-corrected chi connectivity index (χ0v) is 6.81. The highest BCUT2D eigenvalue weighted by molar-refractivity contribution is 5.39. The van der Waals surface area contributed by atoms with Crippen molar-refractivity contribution in [2.75, 3.05) is 6.54 Å². The molecule has 64 valence electrons. The first kappa shape index (κ1) is 8.98. The van der Waals surface area contributed by atoms with E-state index in [0.29, 0.717) is 5.56 Å². The highest BCUT2D eigenvalue weighted by Crippen LogP contribution is 2.09. The number of phenols is 1. The van der Waals surface area contributed by atoms with E-state index >= 15 is 0 Å². The van der Waals surface area contributed by atoms with Crippen molar-refractivity contribution < 1.29 is 5.11 Å². The molecule has 0 aliphatic carbocycles. The second-order valence-electron chi connectivity index (χ2n) is 2.24. The van der Waals surface area contributed by atoms with Crippen molar-refractivity contribution in [1.82, 2.24) is 0 Å². The van der Waals surface area contributed by atoms with Crippen LogP contribution in [0, 0.1) is 11.8 Å². The summed E-state index contributed by atoms with van der Waals surface area (Å²) in [6, 6.07) is 6.58. The van der Waals surface area contributed by atoms with Gasteiger partial charge in [-0.2, -0.15) is 0 Å². The maximum Gasteiger partial charge on any atom is 0.116 e. The standard InChI is InChI=1S/C9H7N3O/c10-12-11-6-2-4-8-3-1-5-9(13)7-8/h1,3,5,7,13H,6H2. The summed E-state index contributed by atoms with van der Waals surface area (Å²) in [5.41, 5.74) is 8.66. The maximum atomic E-state index is 9.07. The number of azide groups is 1. The molecule has 0 radical (unpaired) electrons. The lowest BCUT2D eigenvalue weighted by atomic mass is 10.2. The van der Waals surface area contributed by atoms with E-state index in [9.17, 15) is 0 Å². The van der Waals surface area contributed by atoms with Crippen molar-refractivity contribution in [3.63, 3.8) is 0 Å². The van der Waals surface area contributed by atoms with Gasteiger partial charge in [-0.3, -0.25) is 0 Å². The Morgan fingerprint density at radius 1 is 1.54 bits per heavy atom. The summed E-state index contributed by atoms with van der Waals surface area (Å²) in [6.07, 6.45) is 0. The molecule has 0 aliphatic heterocycles. The predicted octanol–water partition coefficient (Wildman–Crippen LogP) is 2.05. The number of aromatic hydroxyl groups is 1. The maximum absolute atomic E-state index is 9.07. The van der Waals surface area contributed by atoms with Crippen molar-refractivity contribution in [2.24, 2.45) is 5.11 Å². The van der Waals surface area contributed by atoms with Crippen molar-refractivity contribution in [2.45, 2.75) is 0 Å². The van der Waals surface area contributed by atoms with Crippen LogP contribution in [-0.4, -0.2) is 11.7 Å². The zero-order chi connectivity index (χ0) is 9.52. The van der Waals surface area contributed by atoms with Crippen LogP contribution in [0.3, 0.4) is 0 Å². The fourth-order valence-electron chi connectivity index (χ4n) is 0.792. The largest absolute Gasteiger partial charge is 0.508 e. The molecular formula is C9H7N3O. The Hall–Kier alpha value is -2.11. The number of phenolic OH excluding ortho intramolecular Hbond substituents is 1. The van der Waals surface area contributed by atoms with Gasteiger partial charge in [0.15, 0.2) is 0 Å². The Balaban J connectivity index is 2.71. The molecule has 0 aromatic heterocycles. The molecule has 1 N–H and O–H groups in total. The molecule has 0 aliphatic rings. The van der Waals surface area contributed by atoms with Gasteiger partial charge in [0.1, 0.15) is 5.75 Å². The number of nitrogens with zero attached hydrogens (tertiary/aromatic N) is 3. The van der Waals surface area contributed by atoms with Crippen LogP contribution in [0.25, 0.3) is 10.4 Å². The lowest BCUT2D eigenvalue weighted by Crippen LogP contribution is -1.74. The van der Waals surface area contributed by atoms with E-state index in [2.05, 4.69) is 21.9 Å². The summed E-state index contributed by atoms with van der Waals surface area (Å²) >= 11 is 0. The van der Waals surface area contributed by atoms with Gasteiger partial charge in [-0.1, -0.05) is 23.0 Å². The first-order chi connectivity index (χ1) is 6.33. The van der Waals surface area contributed by atoms with Gasteiger partial charge in [0.2, 0.25) is 0 Å². The summed E-state index contributed by atoms with van der Waals surface area (Å²) in [6.45, 7) is 0.145. The molecule has 1 rings (SSSR count). The lowest BCUT2D eigenvalue weighted by Gasteiger charge is -1.90. The SMILES string of the molecule is [N-]=[N+]=NCC#Cc1cccc(O)c1. The predicted molar refractivity (Wildman–Crippen MR) is 49.0 cm³/mol. The monoisotopic (exact) mass is 173 g/mol. The van der Waals surface area contributed by atoms with Crippen LogP contribution >= 0.6 is 0 Å². The Morgan fingerprint density at radius 3 is 3.08 bits per heavy atom. The van der Waals surface area contributed by atoms with Crippen LogP contribution in [0.15, 0.2) is 29.4 Å². The van der Waals surface area contributed by atoms with Crippen molar-refractivity contribution in [3.8, 4) is 17.6 Å². The Morgan fingerprint density at radius 2 is 2.38 bits per heavy atom. The van der Waals surface area contributed by atoms with E-state index in [1.165, 1.54) is 0 Å². The molecule has 4 nitrogen and oxygen atoms in total. The first-order valence-corrected chi connectivity index (χ1v) is 3.61. The van der Waals surface area contributed by atoms with Crippen LogP contribution < -0.4 is 0 Å². The molecule has 0 heterocycles. The Kier molecular flexibility index (Phi) is 3.25. The van der Waals surface area contributed by atoms with Crippen LogP contribution in [0.5, 0.6) is 5.75 Å². The number of hydrogen-bond donors (Lipinski definition) is 1. The lowest BCUT2D eigenvalue weighted by molar-refractivity contribution is 0.475. The molecule has 1 aromatic carbocycles. The van der Waals surface area contributed by atoms with Gasteiger partial charge in [-0.25, -0.2) is 0 Å². The fourth-order valence-corrected chi connectivity index (χ4v) is 0.792. The van der Waals surface area contributed by atoms with Crippen LogP contribution in [0.4, 0.5) is 0 Å². The summed E-state index contributed by atoms with van der Waals surface area (Å²) in [4.78, 5) is 2.56. The van der Waals surface area contributed by atoms with E-state index < -0.39 is 0 Å².